The molecule has 1 aliphatic rings. The highest BCUT2D eigenvalue weighted by molar-refractivity contribution is 5.19. The normalized spacial score (nSPS) is 20.6. The Morgan fingerprint density at radius 2 is 2.00 bits per heavy atom. The van der Waals surface area contributed by atoms with E-state index >= 15 is 0 Å². The van der Waals surface area contributed by atoms with E-state index in [-0.39, 0.29) is 17.5 Å². The SMILES string of the molecule is C[C@H](N[C@@H](C[C@@H]1CCOC1)c1ccccc1)c1ncc(C(C)(C)C)o1. The third-order valence-electron chi connectivity index (χ3n) is 4.88. The van der Waals surface area contributed by atoms with Gasteiger partial charge in [-0.1, -0.05) is 51.1 Å². The molecule has 1 N–H and O–H groups in total. The van der Waals surface area contributed by atoms with Gasteiger partial charge in [0.25, 0.3) is 0 Å². The summed E-state index contributed by atoms with van der Waals surface area (Å²) >= 11 is 0. The van der Waals surface area contributed by atoms with Crippen LogP contribution in [0.4, 0.5) is 0 Å². The van der Waals surface area contributed by atoms with E-state index in [4.69, 9.17) is 9.15 Å². The van der Waals surface area contributed by atoms with E-state index in [1.54, 1.807) is 0 Å². The highest BCUT2D eigenvalue weighted by Gasteiger charge is 2.26. The van der Waals surface area contributed by atoms with E-state index < -0.39 is 0 Å². The minimum absolute atomic E-state index is 0.0228. The van der Waals surface area contributed by atoms with Gasteiger partial charge < -0.3 is 9.15 Å². The van der Waals surface area contributed by atoms with Crippen molar-refractivity contribution in [2.24, 2.45) is 5.92 Å². The fourth-order valence-electron chi connectivity index (χ4n) is 3.30. The van der Waals surface area contributed by atoms with Crippen molar-refractivity contribution in [3.05, 3.63) is 53.7 Å². The van der Waals surface area contributed by atoms with Crippen LogP contribution in [0.25, 0.3) is 0 Å². The van der Waals surface area contributed by atoms with Crippen LogP contribution in [0.15, 0.2) is 40.9 Å². The van der Waals surface area contributed by atoms with Crippen molar-refractivity contribution in [3.63, 3.8) is 0 Å². The summed E-state index contributed by atoms with van der Waals surface area (Å²) in [5.41, 5.74) is 1.29. The number of oxazole rings is 1. The molecule has 0 unspecified atom stereocenters. The van der Waals surface area contributed by atoms with E-state index in [9.17, 15) is 0 Å². The maximum atomic E-state index is 6.02. The molecule has 2 heterocycles. The predicted molar refractivity (Wildman–Crippen MR) is 99.5 cm³/mol. The first-order valence-electron chi connectivity index (χ1n) is 9.28. The van der Waals surface area contributed by atoms with Gasteiger partial charge in [-0.25, -0.2) is 4.98 Å². The van der Waals surface area contributed by atoms with Gasteiger partial charge in [0.2, 0.25) is 5.89 Å². The Labute approximate surface area is 151 Å². The topological polar surface area (TPSA) is 47.3 Å². The summed E-state index contributed by atoms with van der Waals surface area (Å²) in [6, 6.07) is 11.0. The molecular formula is C21H30N2O2. The van der Waals surface area contributed by atoms with Crippen molar-refractivity contribution >= 4 is 0 Å². The molecule has 0 amide bonds. The van der Waals surface area contributed by atoms with E-state index in [1.807, 2.05) is 6.20 Å². The van der Waals surface area contributed by atoms with Crippen molar-refractivity contribution in [2.45, 2.75) is 58.0 Å². The van der Waals surface area contributed by atoms with Crippen LogP contribution in [0.3, 0.4) is 0 Å². The molecule has 2 aromatic rings. The molecule has 1 saturated heterocycles. The van der Waals surface area contributed by atoms with Crippen LogP contribution in [0.2, 0.25) is 0 Å². The third-order valence-corrected chi connectivity index (χ3v) is 4.88. The molecule has 1 aromatic heterocycles. The van der Waals surface area contributed by atoms with Gasteiger partial charge in [0.1, 0.15) is 5.76 Å². The second kappa shape index (κ2) is 7.71. The lowest BCUT2D eigenvalue weighted by atomic mass is 9.93. The Hall–Kier alpha value is -1.65. The molecule has 0 bridgehead atoms. The minimum atomic E-state index is -0.0228. The zero-order valence-electron chi connectivity index (χ0n) is 15.8. The van der Waals surface area contributed by atoms with E-state index in [0.717, 1.165) is 37.7 Å². The Bertz CT molecular complexity index is 654. The average Bonchev–Trinajstić information content (AvgIpc) is 3.26. The van der Waals surface area contributed by atoms with Crippen LogP contribution >= 0.6 is 0 Å². The van der Waals surface area contributed by atoms with Gasteiger partial charge in [-0.3, -0.25) is 5.32 Å². The summed E-state index contributed by atoms with van der Waals surface area (Å²) in [5.74, 6) is 2.30. The molecule has 0 aliphatic carbocycles. The molecule has 0 spiro atoms. The number of rotatable bonds is 6. The van der Waals surface area contributed by atoms with Crippen molar-refractivity contribution in [2.75, 3.05) is 13.2 Å². The van der Waals surface area contributed by atoms with Gasteiger partial charge in [0, 0.05) is 24.7 Å². The third kappa shape index (κ3) is 4.71. The number of benzene rings is 1. The highest BCUT2D eigenvalue weighted by Crippen LogP contribution is 2.30. The van der Waals surface area contributed by atoms with Gasteiger partial charge in [-0.2, -0.15) is 0 Å². The quantitative estimate of drug-likeness (QED) is 0.820. The van der Waals surface area contributed by atoms with Crippen LogP contribution in [0.5, 0.6) is 0 Å². The van der Waals surface area contributed by atoms with E-state index in [0.29, 0.717) is 5.92 Å². The molecule has 1 aliphatic heterocycles. The largest absolute Gasteiger partial charge is 0.443 e. The first-order valence-corrected chi connectivity index (χ1v) is 9.28. The number of hydrogen-bond donors (Lipinski definition) is 1. The van der Waals surface area contributed by atoms with Crippen molar-refractivity contribution < 1.29 is 9.15 Å². The minimum Gasteiger partial charge on any atom is -0.443 e. The maximum absolute atomic E-state index is 6.02. The zero-order valence-corrected chi connectivity index (χ0v) is 15.8. The maximum Gasteiger partial charge on any atom is 0.211 e. The molecule has 25 heavy (non-hydrogen) atoms. The second-order valence-corrected chi connectivity index (χ2v) is 8.13. The molecule has 3 atom stereocenters. The smallest absolute Gasteiger partial charge is 0.211 e. The predicted octanol–water partition coefficient (Wildman–Crippen LogP) is 4.79. The Morgan fingerprint density at radius 3 is 2.60 bits per heavy atom. The molecule has 1 aromatic carbocycles. The summed E-state index contributed by atoms with van der Waals surface area (Å²) in [4.78, 5) is 4.51. The molecule has 3 rings (SSSR count). The Kier molecular flexibility index (Phi) is 5.60. The van der Waals surface area contributed by atoms with Crippen LogP contribution in [0.1, 0.15) is 69.8 Å². The zero-order chi connectivity index (χ0) is 17.9. The molecule has 4 heteroatoms. The van der Waals surface area contributed by atoms with Crippen molar-refractivity contribution in [3.8, 4) is 0 Å². The molecule has 1 fully saturated rings. The Balaban J connectivity index is 1.73. The number of hydrogen-bond acceptors (Lipinski definition) is 4. The number of nitrogens with one attached hydrogen (secondary N) is 1. The van der Waals surface area contributed by atoms with Crippen LogP contribution < -0.4 is 5.32 Å². The summed E-state index contributed by atoms with van der Waals surface area (Å²) in [7, 11) is 0. The monoisotopic (exact) mass is 342 g/mol. The summed E-state index contributed by atoms with van der Waals surface area (Å²) in [6.45, 7) is 10.3. The highest BCUT2D eigenvalue weighted by atomic mass is 16.5. The first-order chi connectivity index (χ1) is 11.9. The van der Waals surface area contributed by atoms with Crippen molar-refractivity contribution in [1.29, 1.82) is 0 Å². The molecular weight excluding hydrogens is 312 g/mol. The fourth-order valence-corrected chi connectivity index (χ4v) is 3.30. The van der Waals surface area contributed by atoms with Gasteiger partial charge in [0.05, 0.1) is 12.2 Å². The fraction of sp³-hybridized carbons (Fsp3) is 0.571. The lowest BCUT2D eigenvalue weighted by Crippen LogP contribution is -2.27. The average molecular weight is 342 g/mol. The number of aromatic nitrogens is 1. The van der Waals surface area contributed by atoms with Crippen LogP contribution in [-0.4, -0.2) is 18.2 Å². The van der Waals surface area contributed by atoms with Crippen LogP contribution in [-0.2, 0) is 10.2 Å². The Morgan fingerprint density at radius 1 is 1.24 bits per heavy atom. The van der Waals surface area contributed by atoms with Crippen LogP contribution in [0, 0.1) is 5.92 Å². The second-order valence-electron chi connectivity index (χ2n) is 8.13. The van der Waals surface area contributed by atoms with Crippen molar-refractivity contribution in [1.82, 2.24) is 10.3 Å². The summed E-state index contributed by atoms with van der Waals surface area (Å²) < 4.78 is 11.6. The molecule has 136 valence electrons. The van der Waals surface area contributed by atoms with Gasteiger partial charge in [0.15, 0.2) is 0 Å². The first kappa shape index (κ1) is 18.2. The van der Waals surface area contributed by atoms with Gasteiger partial charge in [-0.05, 0) is 31.2 Å². The number of nitrogens with zero attached hydrogens (tertiary/aromatic N) is 1. The molecule has 0 radical (unpaired) electrons. The number of ether oxygens (including phenoxy) is 1. The molecule has 4 nitrogen and oxygen atoms in total. The lowest BCUT2D eigenvalue weighted by molar-refractivity contribution is 0.180. The van der Waals surface area contributed by atoms with E-state index in [2.05, 4.69) is 68.3 Å². The molecule has 0 saturated carbocycles. The van der Waals surface area contributed by atoms with E-state index in [1.165, 1.54) is 5.56 Å². The summed E-state index contributed by atoms with van der Waals surface area (Å²) in [6.07, 6.45) is 4.07. The lowest BCUT2D eigenvalue weighted by Gasteiger charge is -2.25. The van der Waals surface area contributed by atoms with Gasteiger partial charge >= 0.3 is 0 Å². The standard InChI is InChI=1S/C21H30N2O2/c1-15(20-22-13-19(25-20)21(2,3)4)23-18(12-16-10-11-24-14-16)17-8-6-5-7-9-17/h5-9,13,15-16,18,23H,10-12,14H2,1-4H3/t15-,16-,18-/m0/s1. The van der Waals surface area contributed by atoms with Gasteiger partial charge in [-0.15, -0.1) is 0 Å². The summed E-state index contributed by atoms with van der Waals surface area (Å²) in [5, 5.41) is 3.73.